The van der Waals surface area contributed by atoms with Gasteiger partial charge in [0.2, 0.25) is 5.91 Å². The second-order valence-electron chi connectivity index (χ2n) is 5.09. The van der Waals surface area contributed by atoms with Gasteiger partial charge < -0.3 is 10.2 Å². The number of nitrogens with zero attached hydrogens (tertiary/aromatic N) is 1. The first kappa shape index (κ1) is 14.5. The van der Waals surface area contributed by atoms with Crippen molar-refractivity contribution in [2.45, 2.75) is 64.8 Å². The van der Waals surface area contributed by atoms with Crippen LogP contribution in [0.1, 0.15) is 58.8 Å². The highest BCUT2D eigenvalue weighted by atomic mass is 16.2. The molecule has 0 saturated carbocycles. The zero-order chi connectivity index (χ0) is 12.5. The van der Waals surface area contributed by atoms with Crippen LogP contribution in [0.25, 0.3) is 0 Å². The fourth-order valence-electron chi connectivity index (χ4n) is 2.42. The predicted molar refractivity (Wildman–Crippen MR) is 72.0 cm³/mol. The number of nitrogens with one attached hydrogen (secondary N) is 1. The Morgan fingerprint density at radius 3 is 2.71 bits per heavy atom. The molecule has 0 aromatic carbocycles. The van der Waals surface area contributed by atoms with Crippen molar-refractivity contribution in [1.82, 2.24) is 10.2 Å². The fourth-order valence-corrected chi connectivity index (χ4v) is 2.42. The summed E-state index contributed by atoms with van der Waals surface area (Å²) in [5.41, 5.74) is 0. The SMILES string of the molecule is CCCCC(=O)N(CCC)CC1CCCCN1. The van der Waals surface area contributed by atoms with Crippen LogP contribution in [0.3, 0.4) is 0 Å². The average Bonchev–Trinajstić information content (AvgIpc) is 2.36. The third kappa shape index (κ3) is 5.53. The van der Waals surface area contributed by atoms with Gasteiger partial charge in [-0.15, -0.1) is 0 Å². The maximum atomic E-state index is 12.1. The molecule has 3 nitrogen and oxygen atoms in total. The van der Waals surface area contributed by atoms with Gasteiger partial charge >= 0.3 is 0 Å². The molecule has 1 saturated heterocycles. The molecule has 17 heavy (non-hydrogen) atoms. The molecule has 1 unspecified atom stereocenters. The van der Waals surface area contributed by atoms with Crippen LogP contribution in [0.15, 0.2) is 0 Å². The van der Waals surface area contributed by atoms with Gasteiger partial charge in [0.25, 0.3) is 0 Å². The molecule has 1 aliphatic rings. The van der Waals surface area contributed by atoms with E-state index in [0.717, 1.165) is 45.3 Å². The summed E-state index contributed by atoms with van der Waals surface area (Å²) in [4.78, 5) is 14.1. The summed E-state index contributed by atoms with van der Waals surface area (Å²) < 4.78 is 0. The maximum Gasteiger partial charge on any atom is 0.222 e. The molecule has 1 N–H and O–H groups in total. The summed E-state index contributed by atoms with van der Waals surface area (Å²) in [6.45, 7) is 7.24. The highest BCUT2D eigenvalue weighted by molar-refractivity contribution is 5.76. The highest BCUT2D eigenvalue weighted by Gasteiger charge is 2.19. The van der Waals surface area contributed by atoms with Gasteiger partial charge in [0.1, 0.15) is 0 Å². The zero-order valence-corrected chi connectivity index (χ0v) is 11.5. The number of rotatable bonds is 7. The molecule has 0 spiro atoms. The van der Waals surface area contributed by atoms with E-state index in [9.17, 15) is 4.79 Å². The minimum absolute atomic E-state index is 0.348. The van der Waals surface area contributed by atoms with E-state index in [1.807, 2.05) is 0 Å². The molecule has 1 amide bonds. The van der Waals surface area contributed by atoms with Crippen molar-refractivity contribution >= 4 is 5.91 Å². The standard InChI is InChI=1S/C14H28N2O/c1-3-5-9-14(17)16(11-4-2)12-13-8-6-7-10-15-13/h13,15H,3-12H2,1-2H3. The van der Waals surface area contributed by atoms with Crippen molar-refractivity contribution < 1.29 is 4.79 Å². The molecule has 1 fully saturated rings. The first-order valence-electron chi connectivity index (χ1n) is 7.29. The lowest BCUT2D eigenvalue weighted by molar-refractivity contribution is -0.131. The first-order valence-corrected chi connectivity index (χ1v) is 7.29. The van der Waals surface area contributed by atoms with E-state index in [4.69, 9.17) is 0 Å². The lowest BCUT2D eigenvalue weighted by atomic mass is 10.0. The molecule has 100 valence electrons. The molecule has 0 radical (unpaired) electrons. The second kappa shape index (κ2) is 8.51. The Hall–Kier alpha value is -0.570. The second-order valence-corrected chi connectivity index (χ2v) is 5.09. The Labute approximate surface area is 106 Å². The number of piperidine rings is 1. The van der Waals surface area contributed by atoms with Crippen molar-refractivity contribution in [3.63, 3.8) is 0 Å². The van der Waals surface area contributed by atoms with Crippen LogP contribution in [0.5, 0.6) is 0 Å². The number of carbonyl (C=O) groups excluding carboxylic acids is 1. The van der Waals surface area contributed by atoms with E-state index >= 15 is 0 Å². The van der Waals surface area contributed by atoms with Crippen LogP contribution < -0.4 is 5.32 Å². The van der Waals surface area contributed by atoms with Crippen molar-refractivity contribution in [1.29, 1.82) is 0 Å². The van der Waals surface area contributed by atoms with Crippen LogP contribution in [0, 0.1) is 0 Å². The summed E-state index contributed by atoms with van der Waals surface area (Å²) in [6.07, 6.45) is 7.73. The molecule has 0 aromatic heterocycles. The topological polar surface area (TPSA) is 32.3 Å². The minimum atomic E-state index is 0.348. The molecule has 1 atom stereocenters. The Balaban J connectivity index is 2.37. The summed E-state index contributed by atoms with van der Waals surface area (Å²) >= 11 is 0. The van der Waals surface area contributed by atoms with E-state index in [1.165, 1.54) is 19.3 Å². The average molecular weight is 240 g/mol. The van der Waals surface area contributed by atoms with Gasteiger partial charge in [0, 0.05) is 25.6 Å². The number of hydrogen-bond donors (Lipinski definition) is 1. The fraction of sp³-hybridized carbons (Fsp3) is 0.929. The Morgan fingerprint density at radius 2 is 2.12 bits per heavy atom. The van der Waals surface area contributed by atoms with Gasteiger partial charge in [-0.3, -0.25) is 4.79 Å². The van der Waals surface area contributed by atoms with Gasteiger partial charge in [0.15, 0.2) is 0 Å². The smallest absolute Gasteiger partial charge is 0.222 e. The molecule has 0 aliphatic carbocycles. The van der Waals surface area contributed by atoms with Crippen molar-refractivity contribution in [3.8, 4) is 0 Å². The molecule has 3 heteroatoms. The van der Waals surface area contributed by atoms with E-state index in [1.54, 1.807) is 0 Å². The summed E-state index contributed by atoms with van der Waals surface area (Å²) in [5, 5.41) is 3.53. The van der Waals surface area contributed by atoms with Gasteiger partial charge in [-0.05, 0) is 32.2 Å². The monoisotopic (exact) mass is 240 g/mol. The normalized spacial score (nSPS) is 20.2. The molecule has 0 bridgehead atoms. The van der Waals surface area contributed by atoms with Gasteiger partial charge in [-0.2, -0.15) is 0 Å². The van der Waals surface area contributed by atoms with E-state index < -0.39 is 0 Å². The van der Waals surface area contributed by atoms with Crippen LogP contribution in [-0.2, 0) is 4.79 Å². The molecule has 1 heterocycles. The molecular weight excluding hydrogens is 212 g/mol. The Kier molecular flexibility index (Phi) is 7.25. The first-order chi connectivity index (χ1) is 8.27. The van der Waals surface area contributed by atoms with Crippen LogP contribution >= 0.6 is 0 Å². The molecule has 0 aromatic rings. The Morgan fingerprint density at radius 1 is 1.29 bits per heavy atom. The zero-order valence-electron chi connectivity index (χ0n) is 11.5. The largest absolute Gasteiger partial charge is 0.341 e. The van der Waals surface area contributed by atoms with Gasteiger partial charge in [-0.1, -0.05) is 26.7 Å². The van der Waals surface area contributed by atoms with Crippen molar-refractivity contribution in [3.05, 3.63) is 0 Å². The third-order valence-electron chi connectivity index (χ3n) is 3.44. The maximum absolute atomic E-state index is 12.1. The predicted octanol–water partition coefficient (Wildman–Crippen LogP) is 2.56. The quantitative estimate of drug-likeness (QED) is 0.742. The third-order valence-corrected chi connectivity index (χ3v) is 3.44. The summed E-state index contributed by atoms with van der Waals surface area (Å²) in [7, 11) is 0. The van der Waals surface area contributed by atoms with E-state index in [2.05, 4.69) is 24.1 Å². The minimum Gasteiger partial charge on any atom is -0.341 e. The van der Waals surface area contributed by atoms with Crippen LogP contribution in [-0.4, -0.2) is 36.5 Å². The highest BCUT2D eigenvalue weighted by Crippen LogP contribution is 2.10. The number of carbonyl (C=O) groups is 1. The van der Waals surface area contributed by atoms with E-state index in [-0.39, 0.29) is 0 Å². The summed E-state index contributed by atoms with van der Waals surface area (Å²) in [5.74, 6) is 0.348. The molecular formula is C14H28N2O. The molecule has 1 rings (SSSR count). The summed E-state index contributed by atoms with van der Waals surface area (Å²) in [6, 6.07) is 0.529. The Bertz CT molecular complexity index is 212. The van der Waals surface area contributed by atoms with Crippen molar-refractivity contribution in [2.75, 3.05) is 19.6 Å². The number of unbranched alkanes of at least 4 members (excludes halogenated alkanes) is 1. The number of hydrogen-bond acceptors (Lipinski definition) is 2. The lowest BCUT2D eigenvalue weighted by Gasteiger charge is -2.30. The molecule has 1 aliphatic heterocycles. The van der Waals surface area contributed by atoms with Crippen LogP contribution in [0.2, 0.25) is 0 Å². The number of amides is 1. The lowest BCUT2D eigenvalue weighted by Crippen LogP contribution is -2.46. The van der Waals surface area contributed by atoms with Gasteiger partial charge in [0.05, 0.1) is 0 Å². The van der Waals surface area contributed by atoms with Gasteiger partial charge in [-0.25, -0.2) is 0 Å². The van der Waals surface area contributed by atoms with Crippen LogP contribution in [0.4, 0.5) is 0 Å². The van der Waals surface area contributed by atoms with E-state index in [0.29, 0.717) is 11.9 Å². The van der Waals surface area contributed by atoms with Crippen molar-refractivity contribution in [2.24, 2.45) is 0 Å².